The van der Waals surface area contributed by atoms with Crippen molar-refractivity contribution in [2.45, 2.75) is 19.4 Å². The van der Waals surface area contributed by atoms with Crippen LogP contribution in [0.15, 0.2) is 78.5 Å². The lowest BCUT2D eigenvalue weighted by Crippen LogP contribution is -2.30. The Balaban J connectivity index is 1.85. The van der Waals surface area contributed by atoms with E-state index in [1.807, 2.05) is 6.92 Å². The third-order valence-corrected chi connectivity index (χ3v) is 5.34. The Kier molecular flexibility index (Phi) is 6.23. The molecule has 162 valence electrons. The van der Waals surface area contributed by atoms with Crippen LogP contribution in [0.25, 0.3) is 5.76 Å². The van der Waals surface area contributed by atoms with Crippen LogP contribution in [-0.4, -0.2) is 28.4 Å². The molecule has 32 heavy (non-hydrogen) atoms. The van der Waals surface area contributed by atoms with Gasteiger partial charge < -0.3 is 9.84 Å². The van der Waals surface area contributed by atoms with Gasteiger partial charge in [0.1, 0.15) is 17.3 Å². The third-order valence-electron chi connectivity index (χ3n) is 5.11. The van der Waals surface area contributed by atoms with Gasteiger partial charge in [0.05, 0.1) is 18.2 Å². The molecule has 7 heteroatoms. The molecule has 2 heterocycles. The van der Waals surface area contributed by atoms with E-state index < -0.39 is 17.7 Å². The standard InChI is InChI=1S/C25H21ClN2O4/c1-2-14-32-19-11-9-16(10-12-19)23(29)21-22(17-6-5-7-18(26)15-17)28(25(31)24(21)30)20-8-3-4-13-27-20/h3-13,15,22,29H,2,14H2,1H3/t22-/m1/s1. The van der Waals surface area contributed by atoms with Crippen molar-refractivity contribution < 1.29 is 19.4 Å². The Bertz CT molecular complexity index is 1180. The van der Waals surface area contributed by atoms with Crippen LogP contribution in [0.4, 0.5) is 5.82 Å². The molecule has 4 rings (SSSR count). The van der Waals surface area contributed by atoms with Crippen molar-refractivity contribution in [3.8, 4) is 5.75 Å². The number of hydrogen-bond donors (Lipinski definition) is 1. The number of ether oxygens (including phenoxy) is 1. The summed E-state index contributed by atoms with van der Waals surface area (Å²) in [4.78, 5) is 31.7. The molecule has 3 aromatic rings. The fraction of sp³-hybridized carbons (Fsp3) is 0.160. The molecule has 0 aliphatic carbocycles. The number of anilines is 1. The van der Waals surface area contributed by atoms with Crippen molar-refractivity contribution >= 4 is 34.9 Å². The Hall–Kier alpha value is -3.64. The van der Waals surface area contributed by atoms with Gasteiger partial charge in [-0.1, -0.05) is 36.7 Å². The fourth-order valence-electron chi connectivity index (χ4n) is 3.64. The van der Waals surface area contributed by atoms with Crippen LogP contribution in [-0.2, 0) is 9.59 Å². The van der Waals surface area contributed by atoms with Crippen molar-refractivity contribution in [1.82, 2.24) is 4.98 Å². The molecule has 2 aromatic carbocycles. The molecule has 6 nitrogen and oxygen atoms in total. The number of Topliss-reactive ketones (excluding diaryl/α,β-unsaturated/α-hetero) is 1. The molecule has 0 bridgehead atoms. The topological polar surface area (TPSA) is 79.7 Å². The molecule has 1 aliphatic rings. The summed E-state index contributed by atoms with van der Waals surface area (Å²) in [5.41, 5.74) is 0.969. The van der Waals surface area contributed by atoms with E-state index in [0.29, 0.717) is 34.3 Å². The van der Waals surface area contributed by atoms with Crippen LogP contribution < -0.4 is 9.64 Å². The van der Waals surface area contributed by atoms with Gasteiger partial charge in [0.2, 0.25) is 0 Å². The molecule has 1 amide bonds. The van der Waals surface area contributed by atoms with Crippen LogP contribution in [0.2, 0.25) is 5.02 Å². The number of carbonyl (C=O) groups excluding carboxylic acids is 2. The highest BCUT2D eigenvalue weighted by Crippen LogP contribution is 2.42. The minimum atomic E-state index is -0.875. The smallest absolute Gasteiger partial charge is 0.301 e. The molecule has 0 unspecified atom stereocenters. The second-order valence-corrected chi connectivity index (χ2v) is 7.72. The van der Waals surface area contributed by atoms with E-state index in [0.717, 1.165) is 6.42 Å². The number of benzene rings is 2. The van der Waals surface area contributed by atoms with E-state index in [4.69, 9.17) is 16.3 Å². The summed E-state index contributed by atoms with van der Waals surface area (Å²) in [7, 11) is 0. The number of amides is 1. The van der Waals surface area contributed by atoms with Crippen LogP contribution >= 0.6 is 11.6 Å². The molecular formula is C25H21ClN2O4. The van der Waals surface area contributed by atoms with E-state index in [2.05, 4.69) is 4.98 Å². The summed E-state index contributed by atoms with van der Waals surface area (Å²) >= 11 is 6.20. The molecule has 1 saturated heterocycles. The maximum atomic E-state index is 13.1. The molecule has 1 atom stereocenters. The number of rotatable bonds is 6. The zero-order valence-electron chi connectivity index (χ0n) is 17.4. The quantitative estimate of drug-likeness (QED) is 0.320. The van der Waals surface area contributed by atoms with E-state index in [-0.39, 0.29) is 11.3 Å². The number of halogens is 1. The maximum absolute atomic E-state index is 13.1. The first-order valence-electron chi connectivity index (χ1n) is 10.2. The molecule has 1 fully saturated rings. The maximum Gasteiger partial charge on any atom is 0.301 e. The molecule has 1 aromatic heterocycles. The third kappa shape index (κ3) is 4.09. The zero-order chi connectivity index (χ0) is 22.7. The summed E-state index contributed by atoms with van der Waals surface area (Å²) in [6, 6.07) is 17.8. The van der Waals surface area contributed by atoms with Crippen molar-refractivity contribution in [2.24, 2.45) is 0 Å². The number of carbonyl (C=O) groups is 2. The minimum Gasteiger partial charge on any atom is -0.507 e. The van der Waals surface area contributed by atoms with Crippen LogP contribution in [0.1, 0.15) is 30.5 Å². The van der Waals surface area contributed by atoms with Gasteiger partial charge >= 0.3 is 5.91 Å². The Morgan fingerprint density at radius 2 is 1.88 bits per heavy atom. The Morgan fingerprint density at radius 1 is 1.09 bits per heavy atom. The van der Waals surface area contributed by atoms with E-state index in [1.54, 1.807) is 72.9 Å². The van der Waals surface area contributed by atoms with Gasteiger partial charge in [-0.25, -0.2) is 4.98 Å². The largest absolute Gasteiger partial charge is 0.507 e. The summed E-state index contributed by atoms with van der Waals surface area (Å²) in [6.07, 6.45) is 2.41. The Morgan fingerprint density at radius 3 is 2.53 bits per heavy atom. The summed E-state index contributed by atoms with van der Waals surface area (Å²) in [5, 5.41) is 11.6. The molecule has 0 radical (unpaired) electrons. The van der Waals surface area contributed by atoms with Gasteiger partial charge in [-0.2, -0.15) is 0 Å². The number of ketones is 1. The highest BCUT2D eigenvalue weighted by Gasteiger charge is 2.47. The van der Waals surface area contributed by atoms with Crippen LogP contribution in [0.3, 0.4) is 0 Å². The summed E-state index contributed by atoms with van der Waals surface area (Å²) in [5.74, 6) is -0.859. The van der Waals surface area contributed by atoms with Crippen molar-refractivity contribution in [2.75, 3.05) is 11.5 Å². The summed E-state index contributed by atoms with van der Waals surface area (Å²) in [6.45, 7) is 2.59. The zero-order valence-corrected chi connectivity index (χ0v) is 18.1. The second kappa shape index (κ2) is 9.24. The van der Waals surface area contributed by atoms with Crippen molar-refractivity contribution in [1.29, 1.82) is 0 Å². The highest BCUT2D eigenvalue weighted by molar-refractivity contribution is 6.51. The van der Waals surface area contributed by atoms with Crippen molar-refractivity contribution in [3.05, 3.63) is 94.6 Å². The molecular weight excluding hydrogens is 428 g/mol. The van der Waals surface area contributed by atoms with Gasteiger partial charge in [-0.3, -0.25) is 14.5 Å². The fourth-order valence-corrected chi connectivity index (χ4v) is 3.84. The molecule has 0 spiro atoms. The van der Waals surface area contributed by atoms with Crippen molar-refractivity contribution in [3.63, 3.8) is 0 Å². The number of nitrogens with zero attached hydrogens (tertiary/aromatic N) is 2. The number of aliphatic hydroxyl groups is 1. The van der Waals surface area contributed by atoms with E-state index in [1.165, 1.54) is 4.90 Å². The highest BCUT2D eigenvalue weighted by atomic mass is 35.5. The molecule has 0 saturated carbocycles. The molecule has 1 N–H and O–H groups in total. The summed E-state index contributed by atoms with van der Waals surface area (Å²) < 4.78 is 5.58. The van der Waals surface area contributed by atoms with Gasteiger partial charge in [0.15, 0.2) is 0 Å². The normalized spacial score (nSPS) is 17.6. The lowest BCUT2D eigenvalue weighted by atomic mass is 9.95. The lowest BCUT2D eigenvalue weighted by molar-refractivity contribution is -0.132. The average Bonchev–Trinajstić information content (AvgIpc) is 3.08. The van der Waals surface area contributed by atoms with E-state index in [9.17, 15) is 14.7 Å². The molecule has 1 aliphatic heterocycles. The van der Waals surface area contributed by atoms with Crippen LogP contribution in [0.5, 0.6) is 5.75 Å². The van der Waals surface area contributed by atoms with Gasteiger partial charge in [-0.05, 0) is 60.5 Å². The number of aromatic nitrogens is 1. The monoisotopic (exact) mass is 448 g/mol. The average molecular weight is 449 g/mol. The first kappa shape index (κ1) is 21.6. The number of pyridine rings is 1. The Labute approximate surface area is 190 Å². The van der Waals surface area contributed by atoms with E-state index >= 15 is 0 Å². The predicted molar refractivity (Wildman–Crippen MR) is 123 cm³/mol. The second-order valence-electron chi connectivity index (χ2n) is 7.28. The lowest BCUT2D eigenvalue weighted by Gasteiger charge is -2.24. The number of aliphatic hydroxyl groups excluding tert-OH is 1. The van der Waals surface area contributed by atoms with Gasteiger partial charge in [0.25, 0.3) is 5.78 Å². The first-order valence-corrected chi connectivity index (χ1v) is 10.6. The van der Waals surface area contributed by atoms with Gasteiger partial charge in [-0.15, -0.1) is 0 Å². The van der Waals surface area contributed by atoms with Gasteiger partial charge in [0, 0.05) is 16.8 Å². The number of hydrogen-bond acceptors (Lipinski definition) is 5. The van der Waals surface area contributed by atoms with Crippen LogP contribution in [0, 0.1) is 0 Å². The predicted octanol–water partition coefficient (Wildman–Crippen LogP) is 5.15. The SMILES string of the molecule is CCCOc1ccc(C(O)=C2C(=O)C(=O)N(c3ccccn3)[C@@H]2c2cccc(Cl)c2)cc1. The minimum absolute atomic E-state index is 0.0230. The first-order chi connectivity index (χ1) is 15.5.